The number of para-hydroxylation sites is 1. The van der Waals surface area contributed by atoms with Gasteiger partial charge in [-0.25, -0.2) is 4.79 Å². The van der Waals surface area contributed by atoms with Gasteiger partial charge in [-0.2, -0.15) is 5.10 Å². The fourth-order valence-electron chi connectivity index (χ4n) is 2.51. The fourth-order valence-corrected chi connectivity index (χ4v) is 2.51. The molecule has 3 aromatic rings. The van der Waals surface area contributed by atoms with E-state index in [0.29, 0.717) is 29.0 Å². The van der Waals surface area contributed by atoms with E-state index in [1.807, 2.05) is 12.1 Å². The maximum absolute atomic E-state index is 12.5. The van der Waals surface area contributed by atoms with Crippen LogP contribution in [0.15, 0.2) is 48.7 Å². The molecule has 7 nitrogen and oxygen atoms in total. The molecule has 1 heterocycles. The molecule has 0 fully saturated rings. The van der Waals surface area contributed by atoms with Crippen LogP contribution >= 0.6 is 0 Å². The number of carbonyl (C=O) groups excluding carboxylic acids is 2. The van der Waals surface area contributed by atoms with Gasteiger partial charge in [-0.05, 0) is 35.7 Å². The van der Waals surface area contributed by atoms with Crippen LogP contribution in [0.2, 0.25) is 0 Å². The van der Waals surface area contributed by atoms with Crippen molar-refractivity contribution in [3.8, 4) is 0 Å². The molecule has 0 saturated carbocycles. The number of urea groups is 1. The standard InChI is InChI=1S/C20H23N5O2/c1-20(2,3)12-21-19(27)24-15-9-7-14(8-10-15)23-18(26)16-6-4-5-13-11-22-25-17(13)16/h4-11H,12H2,1-3H3,(H,22,25)(H,23,26)(H2,21,24,27). The molecule has 0 unspecified atom stereocenters. The lowest BCUT2D eigenvalue weighted by atomic mass is 9.97. The number of amides is 3. The van der Waals surface area contributed by atoms with Crippen molar-refractivity contribution >= 4 is 34.2 Å². The molecule has 0 saturated heterocycles. The fraction of sp³-hybridized carbons (Fsp3) is 0.250. The monoisotopic (exact) mass is 365 g/mol. The summed E-state index contributed by atoms with van der Waals surface area (Å²) in [7, 11) is 0. The highest BCUT2D eigenvalue weighted by Crippen LogP contribution is 2.19. The quantitative estimate of drug-likeness (QED) is 0.563. The summed E-state index contributed by atoms with van der Waals surface area (Å²) in [4.78, 5) is 24.4. The van der Waals surface area contributed by atoms with Crippen LogP contribution in [0.4, 0.5) is 16.2 Å². The van der Waals surface area contributed by atoms with Crippen molar-refractivity contribution in [2.75, 3.05) is 17.2 Å². The van der Waals surface area contributed by atoms with E-state index in [4.69, 9.17) is 0 Å². The average Bonchev–Trinajstić information content (AvgIpc) is 3.09. The summed E-state index contributed by atoms with van der Waals surface area (Å²) < 4.78 is 0. The molecule has 3 rings (SSSR count). The Morgan fingerprint density at radius 1 is 1.00 bits per heavy atom. The molecular weight excluding hydrogens is 342 g/mol. The van der Waals surface area contributed by atoms with Crippen LogP contribution < -0.4 is 16.0 Å². The van der Waals surface area contributed by atoms with Crippen molar-refractivity contribution in [2.45, 2.75) is 20.8 Å². The van der Waals surface area contributed by atoms with Crippen molar-refractivity contribution in [1.29, 1.82) is 0 Å². The second-order valence-corrected chi connectivity index (χ2v) is 7.54. The number of fused-ring (bicyclic) bond motifs is 1. The molecule has 0 aliphatic carbocycles. The van der Waals surface area contributed by atoms with E-state index >= 15 is 0 Å². The van der Waals surface area contributed by atoms with Gasteiger partial charge in [-0.15, -0.1) is 0 Å². The minimum absolute atomic E-state index is 0.0169. The summed E-state index contributed by atoms with van der Waals surface area (Å²) in [5, 5.41) is 16.1. The number of nitrogens with zero attached hydrogens (tertiary/aromatic N) is 1. The molecule has 1 aromatic heterocycles. The number of hydrogen-bond donors (Lipinski definition) is 4. The summed E-state index contributed by atoms with van der Waals surface area (Å²) in [5.41, 5.74) is 2.52. The van der Waals surface area contributed by atoms with Crippen LogP contribution in [0.25, 0.3) is 10.9 Å². The third-order valence-electron chi connectivity index (χ3n) is 3.90. The Kier molecular flexibility index (Phi) is 5.12. The maximum atomic E-state index is 12.5. The topological polar surface area (TPSA) is 98.9 Å². The van der Waals surface area contributed by atoms with E-state index in [1.54, 1.807) is 36.5 Å². The van der Waals surface area contributed by atoms with Gasteiger partial charge >= 0.3 is 6.03 Å². The number of anilines is 2. The van der Waals surface area contributed by atoms with E-state index in [1.165, 1.54) is 0 Å². The molecule has 0 aliphatic heterocycles. The largest absolute Gasteiger partial charge is 0.337 e. The third-order valence-corrected chi connectivity index (χ3v) is 3.90. The lowest BCUT2D eigenvalue weighted by molar-refractivity contribution is 0.102. The molecule has 0 atom stereocenters. The number of rotatable bonds is 4. The number of H-pyrrole nitrogens is 1. The first-order valence-electron chi connectivity index (χ1n) is 8.70. The molecule has 7 heteroatoms. The van der Waals surface area contributed by atoms with Gasteiger partial charge in [-0.3, -0.25) is 9.89 Å². The Hall–Kier alpha value is -3.35. The van der Waals surface area contributed by atoms with Gasteiger partial charge in [0.05, 0.1) is 17.3 Å². The van der Waals surface area contributed by atoms with E-state index in [9.17, 15) is 9.59 Å². The summed E-state index contributed by atoms with van der Waals surface area (Å²) in [5.74, 6) is -0.228. The normalized spacial score (nSPS) is 11.2. The number of aromatic amines is 1. The number of benzene rings is 2. The van der Waals surface area contributed by atoms with E-state index < -0.39 is 0 Å². The van der Waals surface area contributed by atoms with Crippen molar-refractivity contribution < 1.29 is 9.59 Å². The highest BCUT2D eigenvalue weighted by Gasteiger charge is 2.13. The second-order valence-electron chi connectivity index (χ2n) is 7.54. The molecule has 0 aliphatic rings. The molecule has 2 aromatic carbocycles. The van der Waals surface area contributed by atoms with Crippen molar-refractivity contribution in [2.24, 2.45) is 5.41 Å². The van der Waals surface area contributed by atoms with Crippen LogP contribution in [-0.4, -0.2) is 28.7 Å². The Morgan fingerprint density at radius 3 is 2.33 bits per heavy atom. The molecular formula is C20H23N5O2. The lowest BCUT2D eigenvalue weighted by Gasteiger charge is -2.19. The molecule has 3 amide bonds. The number of carbonyl (C=O) groups is 2. The summed E-state index contributed by atoms with van der Waals surface area (Å²) in [6.07, 6.45) is 1.68. The van der Waals surface area contributed by atoms with E-state index in [2.05, 4.69) is 46.9 Å². The molecule has 0 spiro atoms. The lowest BCUT2D eigenvalue weighted by Crippen LogP contribution is -2.35. The molecule has 140 valence electrons. The minimum Gasteiger partial charge on any atom is -0.337 e. The van der Waals surface area contributed by atoms with Gasteiger partial charge in [0, 0.05) is 23.3 Å². The second kappa shape index (κ2) is 7.49. The predicted octanol–water partition coefficient (Wildman–Crippen LogP) is 3.98. The van der Waals surface area contributed by atoms with Gasteiger partial charge in [-0.1, -0.05) is 32.9 Å². The van der Waals surface area contributed by atoms with Crippen LogP contribution in [0.3, 0.4) is 0 Å². The first-order valence-corrected chi connectivity index (χ1v) is 8.70. The number of nitrogens with one attached hydrogen (secondary N) is 4. The zero-order valence-electron chi connectivity index (χ0n) is 15.6. The third kappa shape index (κ3) is 4.84. The number of hydrogen-bond acceptors (Lipinski definition) is 3. The van der Waals surface area contributed by atoms with Gasteiger partial charge < -0.3 is 16.0 Å². The summed E-state index contributed by atoms with van der Waals surface area (Å²) in [6.45, 7) is 6.73. The first kappa shape index (κ1) is 18.4. The molecule has 27 heavy (non-hydrogen) atoms. The zero-order chi connectivity index (χ0) is 19.4. The first-order chi connectivity index (χ1) is 12.8. The van der Waals surface area contributed by atoms with E-state index in [-0.39, 0.29) is 17.4 Å². The molecule has 0 bridgehead atoms. The smallest absolute Gasteiger partial charge is 0.319 e. The molecule has 0 radical (unpaired) electrons. The minimum atomic E-state index is -0.257. The summed E-state index contributed by atoms with van der Waals surface area (Å²) in [6, 6.07) is 12.1. The Labute approximate surface area is 157 Å². The van der Waals surface area contributed by atoms with Crippen molar-refractivity contribution in [3.05, 3.63) is 54.2 Å². The van der Waals surface area contributed by atoms with Crippen LogP contribution in [0, 0.1) is 5.41 Å². The van der Waals surface area contributed by atoms with Gasteiger partial charge in [0.25, 0.3) is 5.91 Å². The van der Waals surface area contributed by atoms with Gasteiger partial charge in [0.2, 0.25) is 0 Å². The predicted molar refractivity (Wildman–Crippen MR) is 107 cm³/mol. The highest BCUT2D eigenvalue weighted by molar-refractivity contribution is 6.11. The molecule has 4 N–H and O–H groups in total. The van der Waals surface area contributed by atoms with Gasteiger partial charge in [0.15, 0.2) is 0 Å². The van der Waals surface area contributed by atoms with Crippen molar-refractivity contribution in [3.63, 3.8) is 0 Å². The van der Waals surface area contributed by atoms with Crippen LogP contribution in [-0.2, 0) is 0 Å². The maximum Gasteiger partial charge on any atom is 0.319 e. The SMILES string of the molecule is CC(C)(C)CNC(=O)Nc1ccc(NC(=O)c2cccc3cn[nH]c23)cc1. The van der Waals surface area contributed by atoms with E-state index in [0.717, 1.165) is 5.39 Å². The number of aromatic nitrogens is 2. The van der Waals surface area contributed by atoms with Crippen LogP contribution in [0.5, 0.6) is 0 Å². The van der Waals surface area contributed by atoms with Crippen LogP contribution in [0.1, 0.15) is 31.1 Å². The Morgan fingerprint density at radius 2 is 1.67 bits per heavy atom. The summed E-state index contributed by atoms with van der Waals surface area (Å²) >= 11 is 0. The van der Waals surface area contributed by atoms with Crippen molar-refractivity contribution in [1.82, 2.24) is 15.5 Å². The van der Waals surface area contributed by atoms with Gasteiger partial charge in [0.1, 0.15) is 0 Å². The zero-order valence-corrected chi connectivity index (χ0v) is 15.6. The Bertz CT molecular complexity index is 954. The Balaban J connectivity index is 1.61. The average molecular weight is 365 g/mol. The highest BCUT2D eigenvalue weighted by atomic mass is 16.2.